The van der Waals surface area contributed by atoms with Gasteiger partial charge in [0.05, 0.1) is 13.5 Å². The van der Waals surface area contributed by atoms with Gasteiger partial charge in [-0.25, -0.2) is 0 Å². The van der Waals surface area contributed by atoms with Gasteiger partial charge in [-0.1, -0.05) is 32.0 Å². The summed E-state index contributed by atoms with van der Waals surface area (Å²) in [7, 11) is 2.86. The van der Waals surface area contributed by atoms with E-state index in [4.69, 9.17) is 4.74 Å². The topological polar surface area (TPSA) is 84.5 Å². The first-order chi connectivity index (χ1) is 13.3. The number of rotatable bonds is 9. The van der Waals surface area contributed by atoms with E-state index in [0.29, 0.717) is 12.8 Å². The van der Waals surface area contributed by atoms with Crippen LogP contribution in [0.2, 0.25) is 0 Å². The zero-order chi connectivity index (χ0) is 20.7. The number of carbonyl (C=O) groups excluding carboxylic acids is 3. The molecule has 1 aromatic carbocycles. The average molecular weight is 405 g/mol. The molecule has 0 aliphatic rings. The molecule has 0 aliphatic carbocycles. The van der Waals surface area contributed by atoms with E-state index < -0.39 is 17.9 Å². The molecule has 0 spiro atoms. The lowest BCUT2D eigenvalue weighted by molar-refractivity contribution is -0.144. The molecule has 2 rings (SSSR count). The predicted octanol–water partition coefficient (Wildman–Crippen LogP) is 2.90. The second-order valence-electron chi connectivity index (χ2n) is 7.24. The van der Waals surface area contributed by atoms with Crippen molar-refractivity contribution in [2.24, 2.45) is 11.8 Å². The number of nitrogens with one attached hydrogen (secondary N) is 2. The fourth-order valence-corrected chi connectivity index (χ4v) is 4.20. The number of ether oxygens (including phenoxy) is 1. The van der Waals surface area contributed by atoms with Gasteiger partial charge < -0.3 is 15.4 Å². The summed E-state index contributed by atoms with van der Waals surface area (Å²) in [5.41, 5.74) is 1.02. The first-order valence-electron chi connectivity index (χ1n) is 9.39. The highest BCUT2D eigenvalue weighted by Crippen LogP contribution is 2.27. The number of amides is 2. The number of thiophene rings is 1. The van der Waals surface area contributed by atoms with Crippen molar-refractivity contribution in [2.75, 3.05) is 14.2 Å². The zero-order valence-electron chi connectivity index (χ0n) is 16.8. The Balaban J connectivity index is 2.18. The Morgan fingerprint density at radius 1 is 1.14 bits per heavy atom. The number of fused-ring (bicyclic) bond motifs is 1. The van der Waals surface area contributed by atoms with Crippen molar-refractivity contribution < 1.29 is 19.1 Å². The van der Waals surface area contributed by atoms with E-state index in [1.165, 1.54) is 7.11 Å². The van der Waals surface area contributed by atoms with Crippen molar-refractivity contribution in [1.82, 2.24) is 10.6 Å². The standard InChI is InChI=1S/C21H28N2O4S/c1-13(2)9-14(11-19(24)27-4)20(25)23-17(21(26)22-3)10-15-12-28-18-8-6-5-7-16(15)18/h5-8,12-14,17H,9-11H2,1-4H3,(H,22,26)(H,23,25)/t14-,17+/m1/s1. The van der Waals surface area contributed by atoms with Crippen LogP contribution in [0, 0.1) is 11.8 Å². The maximum Gasteiger partial charge on any atom is 0.306 e. The van der Waals surface area contributed by atoms with Gasteiger partial charge in [0, 0.05) is 24.1 Å². The van der Waals surface area contributed by atoms with Crippen LogP contribution >= 0.6 is 11.3 Å². The highest BCUT2D eigenvalue weighted by molar-refractivity contribution is 7.17. The van der Waals surface area contributed by atoms with E-state index in [0.717, 1.165) is 15.6 Å². The minimum absolute atomic E-state index is 0.00234. The average Bonchev–Trinajstić information content (AvgIpc) is 3.08. The van der Waals surface area contributed by atoms with E-state index in [1.807, 2.05) is 43.5 Å². The van der Waals surface area contributed by atoms with Crippen molar-refractivity contribution in [3.8, 4) is 0 Å². The van der Waals surface area contributed by atoms with Gasteiger partial charge in [-0.05, 0) is 34.7 Å². The van der Waals surface area contributed by atoms with E-state index in [-0.39, 0.29) is 24.2 Å². The Hall–Kier alpha value is -2.41. The van der Waals surface area contributed by atoms with Crippen LogP contribution in [0.15, 0.2) is 29.6 Å². The lowest BCUT2D eigenvalue weighted by Gasteiger charge is -2.22. The molecule has 2 aromatic rings. The molecule has 0 aliphatic heterocycles. The second kappa shape index (κ2) is 10.2. The van der Waals surface area contributed by atoms with Crippen molar-refractivity contribution in [1.29, 1.82) is 0 Å². The third-order valence-corrected chi connectivity index (χ3v) is 5.64. The molecule has 2 atom stereocenters. The van der Waals surface area contributed by atoms with Gasteiger partial charge in [0.2, 0.25) is 11.8 Å². The van der Waals surface area contributed by atoms with E-state index in [9.17, 15) is 14.4 Å². The Morgan fingerprint density at radius 3 is 2.50 bits per heavy atom. The Morgan fingerprint density at radius 2 is 1.86 bits per heavy atom. The maximum absolute atomic E-state index is 12.9. The van der Waals surface area contributed by atoms with Crippen LogP contribution < -0.4 is 10.6 Å². The van der Waals surface area contributed by atoms with Crippen LogP contribution in [0.25, 0.3) is 10.1 Å². The van der Waals surface area contributed by atoms with Crippen molar-refractivity contribution in [3.63, 3.8) is 0 Å². The number of benzene rings is 1. The molecule has 152 valence electrons. The molecule has 6 nitrogen and oxygen atoms in total. The summed E-state index contributed by atoms with van der Waals surface area (Å²) in [6, 6.07) is 7.28. The molecule has 28 heavy (non-hydrogen) atoms. The number of carbonyl (C=O) groups is 3. The first-order valence-corrected chi connectivity index (χ1v) is 10.3. The minimum atomic E-state index is -0.706. The van der Waals surface area contributed by atoms with E-state index >= 15 is 0 Å². The normalized spacial score (nSPS) is 13.2. The highest BCUT2D eigenvalue weighted by Gasteiger charge is 2.28. The van der Waals surface area contributed by atoms with Crippen molar-refractivity contribution in [3.05, 3.63) is 35.2 Å². The molecular weight excluding hydrogens is 376 g/mol. The van der Waals surface area contributed by atoms with E-state index in [2.05, 4.69) is 10.6 Å². The Labute approximate surface area is 169 Å². The number of hydrogen-bond acceptors (Lipinski definition) is 5. The van der Waals surface area contributed by atoms with Crippen LogP contribution in [-0.4, -0.2) is 38.0 Å². The molecule has 0 bridgehead atoms. The highest BCUT2D eigenvalue weighted by atomic mass is 32.1. The van der Waals surface area contributed by atoms with Crippen molar-refractivity contribution in [2.45, 2.75) is 39.2 Å². The summed E-state index contributed by atoms with van der Waals surface area (Å²) in [5.74, 6) is -1.28. The summed E-state index contributed by atoms with van der Waals surface area (Å²) < 4.78 is 5.86. The summed E-state index contributed by atoms with van der Waals surface area (Å²) in [6.07, 6.45) is 0.938. The first kappa shape index (κ1) is 21.9. The fraction of sp³-hybridized carbons (Fsp3) is 0.476. The fourth-order valence-electron chi connectivity index (χ4n) is 3.22. The van der Waals surface area contributed by atoms with E-state index in [1.54, 1.807) is 18.4 Å². The van der Waals surface area contributed by atoms with Crippen LogP contribution in [0.4, 0.5) is 0 Å². The van der Waals surface area contributed by atoms with Gasteiger partial charge in [-0.3, -0.25) is 14.4 Å². The second-order valence-corrected chi connectivity index (χ2v) is 8.15. The summed E-state index contributed by atoms with van der Waals surface area (Å²) in [5, 5.41) is 8.58. The minimum Gasteiger partial charge on any atom is -0.469 e. The third-order valence-electron chi connectivity index (χ3n) is 4.63. The van der Waals surface area contributed by atoms with Crippen LogP contribution in [0.1, 0.15) is 32.3 Å². The molecule has 0 saturated heterocycles. The van der Waals surface area contributed by atoms with Gasteiger partial charge in [0.15, 0.2) is 0 Å². The Bertz CT molecular complexity index is 831. The number of likely N-dealkylation sites (N-methyl/N-ethyl adjacent to an activating group) is 1. The molecule has 0 fully saturated rings. The molecular formula is C21H28N2O4S. The molecule has 0 unspecified atom stereocenters. The third kappa shape index (κ3) is 5.79. The quantitative estimate of drug-likeness (QED) is 0.630. The summed E-state index contributed by atoms with van der Waals surface area (Å²) in [6.45, 7) is 3.98. The van der Waals surface area contributed by atoms with Gasteiger partial charge in [0.25, 0.3) is 0 Å². The van der Waals surface area contributed by atoms with Crippen molar-refractivity contribution >= 4 is 39.2 Å². The lowest BCUT2D eigenvalue weighted by Crippen LogP contribution is -2.49. The predicted molar refractivity (Wildman–Crippen MR) is 111 cm³/mol. The lowest BCUT2D eigenvalue weighted by atomic mass is 9.92. The molecule has 2 amide bonds. The maximum atomic E-state index is 12.9. The van der Waals surface area contributed by atoms with Gasteiger partial charge in [-0.15, -0.1) is 11.3 Å². The van der Waals surface area contributed by atoms with Gasteiger partial charge >= 0.3 is 5.97 Å². The Kier molecular flexibility index (Phi) is 7.99. The number of esters is 1. The van der Waals surface area contributed by atoms with Crippen LogP contribution in [0.5, 0.6) is 0 Å². The molecule has 1 heterocycles. The monoisotopic (exact) mass is 404 g/mol. The molecule has 1 aromatic heterocycles. The number of methoxy groups -OCH3 is 1. The molecule has 2 N–H and O–H groups in total. The molecule has 0 radical (unpaired) electrons. The summed E-state index contributed by atoms with van der Waals surface area (Å²) >= 11 is 1.61. The summed E-state index contributed by atoms with van der Waals surface area (Å²) in [4.78, 5) is 37.0. The SMILES string of the molecule is CNC(=O)[C@H](Cc1csc2ccccc12)NC(=O)[C@@H](CC(=O)OC)CC(C)C. The smallest absolute Gasteiger partial charge is 0.306 e. The van der Waals surface area contributed by atoms with Gasteiger partial charge in [0.1, 0.15) is 6.04 Å². The van der Waals surface area contributed by atoms with Crippen LogP contribution in [-0.2, 0) is 25.5 Å². The molecule has 7 heteroatoms. The van der Waals surface area contributed by atoms with Gasteiger partial charge in [-0.2, -0.15) is 0 Å². The van der Waals surface area contributed by atoms with Crippen LogP contribution in [0.3, 0.4) is 0 Å². The molecule has 0 saturated carbocycles. The zero-order valence-corrected chi connectivity index (χ0v) is 17.6. The largest absolute Gasteiger partial charge is 0.469 e. The number of hydrogen-bond donors (Lipinski definition) is 2.